The van der Waals surface area contributed by atoms with Gasteiger partial charge in [0.2, 0.25) is 10.0 Å². The van der Waals surface area contributed by atoms with Gasteiger partial charge in [-0.25, -0.2) is 13.1 Å². The number of pyridine rings is 2. The molecule has 0 spiro atoms. The lowest BCUT2D eigenvalue weighted by molar-refractivity contribution is 0.0935. The van der Waals surface area contributed by atoms with Crippen LogP contribution in [-0.4, -0.2) is 37.4 Å². The molecule has 2 aliphatic rings. The third kappa shape index (κ3) is 5.39. The number of nitrogens with zero attached hydrogens (tertiary/aromatic N) is 2. The van der Waals surface area contributed by atoms with E-state index in [9.17, 15) is 13.2 Å². The summed E-state index contributed by atoms with van der Waals surface area (Å²) in [6.45, 7) is 7.24. The van der Waals surface area contributed by atoms with Gasteiger partial charge in [-0.15, -0.1) is 0 Å². The van der Waals surface area contributed by atoms with Crippen molar-refractivity contribution >= 4 is 26.7 Å². The fourth-order valence-corrected chi connectivity index (χ4v) is 6.51. The Morgan fingerprint density at radius 3 is 2.62 bits per heavy atom. The van der Waals surface area contributed by atoms with E-state index in [4.69, 9.17) is 4.98 Å². The monoisotopic (exact) mass is 521 g/mol. The number of benzene rings is 1. The largest absolute Gasteiger partial charge is 0.345 e. The number of sulfonamides is 1. The first-order chi connectivity index (χ1) is 17.8. The normalized spacial score (nSPS) is 19.4. The molecule has 0 saturated heterocycles. The summed E-state index contributed by atoms with van der Waals surface area (Å²) < 4.78 is 30.0. The first-order valence-corrected chi connectivity index (χ1v) is 14.7. The van der Waals surface area contributed by atoms with Crippen molar-refractivity contribution in [1.82, 2.24) is 25.3 Å². The summed E-state index contributed by atoms with van der Waals surface area (Å²) in [5.74, 6) is 0.343. The van der Waals surface area contributed by atoms with E-state index in [0.29, 0.717) is 29.8 Å². The van der Waals surface area contributed by atoms with Crippen LogP contribution in [0.3, 0.4) is 0 Å². The van der Waals surface area contributed by atoms with Crippen LogP contribution in [0.4, 0.5) is 0 Å². The third-order valence-corrected chi connectivity index (χ3v) is 8.57. The number of carbonyl (C=O) groups is 1. The van der Waals surface area contributed by atoms with Crippen LogP contribution in [0.25, 0.3) is 10.8 Å². The molecule has 0 radical (unpaired) electrons. The van der Waals surface area contributed by atoms with E-state index in [0.717, 1.165) is 48.0 Å². The Morgan fingerprint density at radius 1 is 1.14 bits per heavy atom. The maximum atomic E-state index is 13.6. The third-order valence-electron chi connectivity index (χ3n) is 7.11. The zero-order valence-electron chi connectivity index (χ0n) is 21.6. The number of aromatic nitrogens is 2. The highest BCUT2D eigenvalue weighted by atomic mass is 32.2. The number of carbonyl (C=O) groups excluding carboxylic acids is 1. The van der Waals surface area contributed by atoms with Crippen molar-refractivity contribution in [3.05, 3.63) is 65.2 Å². The molecular formula is C28H35N5O3S. The maximum Gasteiger partial charge on any atom is 0.253 e. The van der Waals surface area contributed by atoms with Crippen LogP contribution in [0, 0.1) is 5.92 Å². The molecule has 0 unspecified atom stereocenters. The number of rotatable bonds is 10. The highest BCUT2D eigenvalue weighted by Gasteiger charge is 2.36. The predicted molar refractivity (Wildman–Crippen MR) is 144 cm³/mol. The molecule has 3 aromatic rings. The molecular weight excluding hydrogens is 486 g/mol. The standard InChI is InChI=1S/C28H35N5O3S/c1-4-9-30-25-13-24(33-28(34)19-6-5-10-29-15-19)21-12-26(37(35,36)32-14-17(2)3)20-11-23(18-7-8-18)31-16-22(20)27(21)25/h5-6,10-12,15-18,24-25,30,32H,4,7-9,13-14H2,1-3H3,(H,33,34)/t24-,25-/m0/s1. The highest BCUT2D eigenvalue weighted by Crippen LogP contribution is 2.46. The Kier molecular flexibility index (Phi) is 7.29. The van der Waals surface area contributed by atoms with E-state index < -0.39 is 10.0 Å². The number of fused-ring (bicyclic) bond motifs is 3. The topological polar surface area (TPSA) is 113 Å². The predicted octanol–water partition coefficient (Wildman–Crippen LogP) is 4.36. The van der Waals surface area contributed by atoms with Crippen LogP contribution in [-0.2, 0) is 10.0 Å². The van der Waals surface area contributed by atoms with Gasteiger partial charge >= 0.3 is 0 Å². The Bertz CT molecular complexity index is 1400. The molecule has 9 heteroatoms. The van der Waals surface area contributed by atoms with E-state index in [-0.39, 0.29) is 28.8 Å². The molecule has 3 N–H and O–H groups in total. The van der Waals surface area contributed by atoms with Gasteiger partial charge in [0.05, 0.1) is 16.5 Å². The molecule has 1 aromatic carbocycles. The Balaban J connectivity index is 1.64. The lowest BCUT2D eigenvalue weighted by Gasteiger charge is -2.19. The Labute approximate surface area is 218 Å². The van der Waals surface area contributed by atoms with Gasteiger partial charge in [-0.05, 0) is 73.5 Å². The fourth-order valence-electron chi connectivity index (χ4n) is 5.06. The lowest BCUT2D eigenvalue weighted by atomic mass is 9.98. The molecule has 2 aliphatic carbocycles. The van der Waals surface area contributed by atoms with Crippen molar-refractivity contribution < 1.29 is 13.2 Å². The van der Waals surface area contributed by atoms with E-state index in [1.807, 2.05) is 26.1 Å². The van der Waals surface area contributed by atoms with E-state index in [1.54, 1.807) is 24.4 Å². The van der Waals surface area contributed by atoms with E-state index >= 15 is 0 Å². The zero-order valence-corrected chi connectivity index (χ0v) is 22.4. The minimum absolute atomic E-state index is 0.0226. The zero-order chi connectivity index (χ0) is 26.2. The van der Waals surface area contributed by atoms with Crippen LogP contribution >= 0.6 is 0 Å². The molecule has 8 nitrogen and oxygen atoms in total. The minimum Gasteiger partial charge on any atom is -0.345 e. The van der Waals surface area contributed by atoms with Crippen LogP contribution in [0.5, 0.6) is 0 Å². The second-order valence-electron chi connectivity index (χ2n) is 10.6. The highest BCUT2D eigenvalue weighted by molar-refractivity contribution is 7.89. The summed E-state index contributed by atoms with van der Waals surface area (Å²) in [6.07, 6.45) is 8.77. The Morgan fingerprint density at radius 2 is 1.95 bits per heavy atom. The lowest BCUT2D eigenvalue weighted by Crippen LogP contribution is -2.29. The number of amides is 1. The molecule has 37 heavy (non-hydrogen) atoms. The average Bonchev–Trinajstić information content (AvgIpc) is 3.69. The van der Waals surface area contributed by atoms with Gasteiger partial charge in [0, 0.05) is 53.6 Å². The van der Waals surface area contributed by atoms with Crippen molar-refractivity contribution in [2.24, 2.45) is 5.92 Å². The van der Waals surface area contributed by atoms with Gasteiger partial charge in [-0.3, -0.25) is 14.8 Å². The molecule has 0 bridgehead atoms. The SMILES string of the molecule is CCCN[C@H]1C[C@H](NC(=O)c2cccnc2)c2cc(S(=O)(=O)NCC(C)C)c3cc(C4CC4)ncc3c21. The molecule has 2 aromatic heterocycles. The average molecular weight is 522 g/mol. The van der Waals surface area contributed by atoms with Crippen LogP contribution in [0.1, 0.15) is 91.6 Å². The van der Waals surface area contributed by atoms with Gasteiger partial charge in [0.25, 0.3) is 5.91 Å². The van der Waals surface area contributed by atoms with Gasteiger partial charge in [0.1, 0.15) is 0 Å². The van der Waals surface area contributed by atoms with E-state index in [2.05, 4.69) is 27.3 Å². The number of nitrogens with one attached hydrogen (secondary N) is 3. The van der Waals surface area contributed by atoms with E-state index in [1.165, 1.54) is 6.20 Å². The second-order valence-corrected chi connectivity index (χ2v) is 12.3. The summed E-state index contributed by atoms with van der Waals surface area (Å²) in [5.41, 5.74) is 3.27. The molecule has 0 aliphatic heterocycles. The van der Waals surface area contributed by atoms with Gasteiger partial charge in [-0.1, -0.05) is 20.8 Å². The summed E-state index contributed by atoms with van der Waals surface area (Å²) in [4.78, 5) is 22.1. The van der Waals surface area contributed by atoms with Crippen molar-refractivity contribution in [3.8, 4) is 0 Å². The van der Waals surface area contributed by atoms with Gasteiger partial charge in [0.15, 0.2) is 0 Å². The first-order valence-electron chi connectivity index (χ1n) is 13.2. The fraction of sp³-hybridized carbons (Fsp3) is 0.464. The smallest absolute Gasteiger partial charge is 0.253 e. The van der Waals surface area contributed by atoms with Crippen LogP contribution < -0.4 is 15.4 Å². The molecule has 1 amide bonds. The molecule has 1 fully saturated rings. The van der Waals surface area contributed by atoms with Gasteiger partial charge in [-0.2, -0.15) is 0 Å². The molecule has 5 rings (SSSR count). The van der Waals surface area contributed by atoms with Crippen LogP contribution in [0.15, 0.2) is 47.8 Å². The van der Waals surface area contributed by atoms with Crippen molar-refractivity contribution in [1.29, 1.82) is 0 Å². The molecule has 2 heterocycles. The number of hydrogen-bond donors (Lipinski definition) is 3. The number of hydrogen-bond acceptors (Lipinski definition) is 6. The maximum absolute atomic E-state index is 13.6. The summed E-state index contributed by atoms with van der Waals surface area (Å²) in [5, 5.41) is 8.29. The van der Waals surface area contributed by atoms with Crippen molar-refractivity contribution in [2.45, 2.75) is 69.4 Å². The molecule has 2 atom stereocenters. The summed E-state index contributed by atoms with van der Waals surface area (Å²) in [7, 11) is -3.78. The van der Waals surface area contributed by atoms with Gasteiger partial charge < -0.3 is 10.6 Å². The Hall–Kier alpha value is -2.88. The summed E-state index contributed by atoms with van der Waals surface area (Å²) in [6, 6.07) is 6.83. The quantitative estimate of drug-likeness (QED) is 0.365. The van der Waals surface area contributed by atoms with Crippen LogP contribution in [0.2, 0.25) is 0 Å². The van der Waals surface area contributed by atoms with Crippen molar-refractivity contribution in [2.75, 3.05) is 13.1 Å². The van der Waals surface area contributed by atoms with Crippen molar-refractivity contribution in [3.63, 3.8) is 0 Å². The molecule has 1 saturated carbocycles. The minimum atomic E-state index is -3.78. The summed E-state index contributed by atoms with van der Waals surface area (Å²) >= 11 is 0. The first kappa shape index (κ1) is 25.8. The second kappa shape index (κ2) is 10.5. The molecule has 196 valence electrons.